The van der Waals surface area contributed by atoms with Gasteiger partial charge in [-0.2, -0.15) is 5.10 Å². The largest absolute Gasteiger partial charge is 0.373 e. The minimum atomic E-state index is 0.0241. The van der Waals surface area contributed by atoms with Gasteiger partial charge >= 0.3 is 0 Å². The topological polar surface area (TPSA) is 67.3 Å². The second-order valence-corrected chi connectivity index (χ2v) is 7.66. The summed E-state index contributed by atoms with van der Waals surface area (Å²) in [7, 11) is 2.01. The summed E-state index contributed by atoms with van der Waals surface area (Å²) in [5, 5.41) is 9.21. The summed E-state index contributed by atoms with van der Waals surface area (Å²) < 4.78 is 6.04. The molecule has 1 atom stereocenters. The van der Waals surface area contributed by atoms with Gasteiger partial charge in [0.15, 0.2) is 5.82 Å². The molecule has 0 N–H and O–H groups in total. The van der Waals surface area contributed by atoms with Crippen molar-refractivity contribution in [1.82, 2.24) is 20.2 Å². The summed E-state index contributed by atoms with van der Waals surface area (Å²) in [6.45, 7) is 2.83. The smallest absolute Gasteiger partial charge is 0.226 e. The minimum absolute atomic E-state index is 0.0241. The lowest BCUT2D eigenvalue weighted by Gasteiger charge is -2.35. The summed E-state index contributed by atoms with van der Waals surface area (Å²) in [6.07, 6.45) is 1.70. The van der Waals surface area contributed by atoms with E-state index in [4.69, 9.17) is 14.7 Å². The van der Waals surface area contributed by atoms with Crippen LogP contribution in [0, 0.1) is 0 Å². The number of nitrogens with zero attached hydrogens (tertiary/aromatic N) is 6. The van der Waals surface area contributed by atoms with Gasteiger partial charge in [0.25, 0.3) is 0 Å². The van der Waals surface area contributed by atoms with Gasteiger partial charge in [-0.3, -0.25) is 0 Å². The Bertz CT molecular complexity index is 1150. The maximum absolute atomic E-state index is 6.04. The molecule has 3 heterocycles. The van der Waals surface area contributed by atoms with E-state index >= 15 is 0 Å². The normalized spacial score (nSPS) is 16.4. The fraction of sp³-hybridized carbons (Fsp3) is 0.250. The summed E-state index contributed by atoms with van der Waals surface area (Å²) in [6, 6.07) is 22.3. The monoisotopic (exact) mass is 412 g/mol. The van der Waals surface area contributed by atoms with Crippen LogP contribution < -0.4 is 9.80 Å². The first-order chi connectivity index (χ1) is 15.3. The maximum atomic E-state index is 6.04. The molecule has 0 bridgehead atoms. The fourth-order valence-electron chi connectivity index (χ4n) is 3.93. The third kappa shape index (κ3) is 4.18. The van der Waals surface area contributed by atoms with Gasteiger partial charge in [0.05, 0.1) is 23.9 Å². The van der Waals surface area contributed by atoms with Crippen LogP contribution in [-0.4, -0.2) is 59.6 Å². The van der Waals surface area contributed by atoms with Gasteiger partial charge in [0.2, 0.25) is 5.95 Å². The number of aromatic nitrogens is 4. The molecule has 2 aromatic heterocycles. The maximum Gasteiger partial charge on any atom is 0.226 e. The standard InChI is InChI=1S/C24H24N6O/c1-29(22-12-7-13-25-28-22)16-19-17-30(14-15-31-19)24-26-21-11-6-5-10-20(21)23(27-24)18-8-3-2-4-9-18/h2-13,19H,14-17H2,1H3. The van der Waals surface area contributed by atoms with E-state index < -0.39 is 0 Å². The lowest BCUT2D eigenvalue weighted by atomic mass is 10.1. The van der Waals surface area contributed by atoms with Crippen molar-refractivity contribution in [3.63, 3.8) is 0 Å². The quantitative estimate of drug-likeness (QED) is 0.497. The predicted molar refractivity (Wildman–Crippen MR) is 122 cm³/mol. The highest BCUT2D eigenvalue weighted by Gasteiger charge is 2.25. The van der Waals surface area contributed by atoms with Crippen molar-refractivity contribution in [2.24, 2.45) is 0 Å². The lowest BCUT2D eigenvalue weighted by molar-refractivity contribution is 0.0453. The molecular formula is C24H24N6O. The summed E-state index contributed by atoms with van der Waals surface area (Å²) in [4.78, 5) is 14.2. The molecule has 4 aromatic rings. The Morgan fingerprint density at radius 2 is 1.84 bits per heavy atom. The molecule has 0 spiro atoms. The van der Waals surface area contributed by atoms with Crippen LogP contribution in [0.1, 0.15) is 0 Å². The van der Waals surface area contributed by atoms with Gasteiger partial charge in [0, 0.05) is 43.8 Å². The molecule has 0 radical (unpaired) electrons. The van der Waals surface area contributed by atoms with Crippen LogP contribution in [-0.2, 0) is 4.74 Å². The number of hydrogen-bond donors (Lipinski definition) is 0. The van der Waals surface area contributed by atoms with Crippen molar-refractivity contribution in [3.05, 3.63) is 72.9 Å². The zero-order valence-corrected chi connectivity index (χ0v) is 17.4. The first kappa shape index (κ1) is 19.4. The molecule has 1 aliphatic heterocycles. The van der Waals surface area contributed by atoms with Crippen LogP contribution in [0.25, 0.3) is 22.2 Å². The Hall–Kier alpha value is -3.58. The van der Waals surface area contributed by atoms with E-state index in [0.717, 1.165) is 47.0 Å². The highest BCUT2D eigenvalue weighted by Crippen LogP contribution is 2.28. The molecule has 0 amide bonds. The summed E-state index contributed by atoms with van der Waals surface area (Å²) in [5.41, 5.74) is 3.00. The van der Waals surface area contributed by atoms with Gasteiger partial charge in [-0.05, 0) is 18.2 Å². The number of hydrogen-bond acceptors (Lipinski definition) is 7. The average Bonchev–Trinajstić information content (AvgIpc) is 2.84. The van der Waals surface area contributed by atoms with Crippen LogP contribution in [0.15, 0.2) is 72.9 Å². The van der Waals surface area contributed by atoms with Crippen molar-refractivity contribution < 1.29 is 4.74 Å². The van der Waals surface area contributed by atoms with Gasteiger partial charge in [-0.15, -0.1) is 5.10 Å². The number of rotatable bonds is 5. The lowest BCUT2D eigenvalue weighted by Crippen LogP contribution is -2.47. The number of para-hydroxylation sites is 1. The molecule has 31 heavy (non-hydrogen) atoms. The van der Waals surface area contributed by atoms with Gasteiger partial charge < -0.3 is 14.5 Å². The number of likely N-dealkylation sites (N-methyl/N-ethyl adjacent to an activating group) is 1. The van der Waals surface area contributed by atoms with E-state index in [1.165, 1.54) is 0 Å². The number of benzene rings is 2. The zero-order valence-electron chi connectivity index (χ0n) is 17.4. The Morgan fingerprint density at radius 1 is 1.00 bits per heavy atom. The van der Waals surface area contributed by atoms with E-state index in [-0.39, 0.29) is 6.10 Å². The van der Waals surface area contributed by atoms with E-state index in [9.17, 15) is 0 Å². The van der Waals surface area contributed by atoms with Crippen LogP contribution in [0.3, 0.4) is 0 Å². The van der Waals surface area contributed by atoms with Crippen LogP contribution in [0.2, 0.25) is 0 Å². The highest BCUT2D eigenvalue weighted by atomic mass is 16.5. The predicted octanol–water partition coefficient (Wildman–Crippen LogP) is 3.43. The Morgan fingerprint density at radius 3 is 2.68 bits per heavy atom. The van der Waals surface area contributed by atoms with E-state index in [1.54, 1.807) is 6.20 Å². The molecule has 1 saturated heterocycles. The van der Waals surface area contributed by atoms with Gasteiger partial charge in [0.1, 0.15) is 0 Å². The minimum Gasteiger partial charge on any atom is -0.373 e. The van der Waals surface area contributed by atoms with Crippen molar-refractivity contribution in [3.8, 4) is 11.3 Å². The van der Waals surface area contributed by atoms with Crippen molar-refractivity contribution in [2.45, 2.75) is 6.10 Å². The molecule has 2 aromatic carbocycles. The molecule has 1 fully saturated rings. The first-order valence-electron chi connectivity index (χ1n) is 10.5. The Kier molecular flexibility index (Phi) is 5.41. The SMILES string of the molecule is CN(CC1CN(c2nc(-c3ccccc3)c3ccccc3n2)CCO1)c1cccnn1. The van der Waals surface area contributed by atoms with Crippen molar-refractivity contribution in [1.29, 1.82) is 0 Å². The molecule has 7 heteroatoms. The van der Waals surface area contributed by atoms with Crippen molar-refractivity contribution >= 4 is 22.7 Å². The number of morpholine rings is 1. The molecule has 1 aliphatic rings. The molecule has 1 unspecified atom stereocenters. The Labute approximate surface area is 181 Å². The Balaban J connectivity index is 1.42. The van der Waals surface area contributed by atoms with E-state index in [0.29, 0.717) is 13.2 Å². The second kappa shape index (κ2) is 8.65. The third-order valence-electron chi connectivity index (χ3n) is 5.49. The second-order valence-electron chi connectivity index (χ2n) is 7.66. The van der Waals surface area contributed by atoms with E-state index in [2.05, 4.69) is 38.2 Å². The molecule has 156 valence electrons. The average molecular weight is 412 g/mol. The first-order valence-corrected chi connectivity index (χ1v) is 10.5. The zero-order chi connectivity index (χ0) is 21.0. The highest BCUT2D eigenvalue weighted by molar-refractivity contribution is 5.93. The number of anilines is 2. The third-order valence-corrected chi connectivity index (χ3v) is 5.49. The number of fused-ring (bicyclic) bond motifs is 1. The van der Waals surface area contributed by atoms with Crippen LogP contribution in [0.4, 0.5) is 11.8 Å². The number of ether oxygens (including phenoxy) is 1. The molecule has 7 nitrogen and oxygen atoms in total. The summed E-state index contributed by atoms with van der Waals surface area (Å²) in [5.74, 6) is 1.57. The van der Waals surface area contributed by atoms with Crippen LogP contribution >= 0.6 is 0 Å². The molecule has 0 saturated carbocycles. The molecular weight excluding hydrogens is 388 g/mol. The van der Waals surface area contributed by atoms with E-state index in [1.807, 2.05) is 55.6 Å². The fourth-order valence-corrected chi connectivity index (χ4v) is 3.93. The summed E-state index contributed by atoms with van der Waals surface area (Å²) >= 11 is 0. The van der Waals surface area contributed by atoms with Gasteiger partial charge in [-0.1, -0.05) is 48.5 Å². The van der Waals surface area contributed by atoms with Gasteiger partial charge in [-0.25, -0.2) is 9.97 Å². The van der Waals surface area contributed by atoms with Crippen molar-refractivity contribution in [2.75, 3.05) is 43.1 Å². The van der Waals surface area contributed by atoms with Crippen LogP contribution in [0.5, 0.6) is 0 Å². The molecule has 0 aliphatic carbocycles. The molecule has 5 rings (SSSR count).